The van der Waals surface area contributed by atoms with Gasteiger partial charge in [-0.3, -0.25) is 4.90 Å². The van der Waals surface area contributed by atoms with Crippen LogP contribution < -0.4 is 0 Å². The number of aliphatic hydroxyl groups excluding tert-OH is 1. The van der Waals surface area contributed by atoms with Crippen molar-refractivity contribution in [2.75, 3.05) is 20.2 Å². The third kappa shape index (κ3) is 2.41. The number of aromatic nitrogens is 3. The van der Waals surface area contributed by atoms with Gasteiger partial charge in [0.1, 0.15) is 23.9 Å². The van der Waals surface area contributed by atoms with Gasteiger partial charge < -0.3 is 14.6 Å². The molecule has 0 bridgehead atoms. The minimum absolute atomic E-state index is 0.0220. The highest BCUT2D eigenvalue weighted by Crippen LogP contribution is 2.39. The summed E-state index contributed by atoms with van der Waals surface area (Å²) in [7, 11) is 1.87. The van der Waals surface area contributed by atoms with Crippen molar-refractivity contribution < 1.29 is 14.6 Å². The van der Waals surface area contributed by atoms with E-state index < -0.39 is 0 Å². The quantitative estimate of drug-likeness (QED) is 0.741. The van der Waals surface area contributed by atoms with Gasteiger partial charge in [0.2, 0.25) is 10.8 Å². The van der Waals surface area contributed by atoms with Crippen molar-refractivity contribution in [3.63, 3.8) is 0 Å². The first-order valence-corrected chi connectivity index (χ1v) is 7.32. The molecule has 2 N–H and O–H groups in total. The van der Waals surface area contributed by atoms with Crippen LogP contribution in [0.3, 0.4) is 0 Å². The van der Waals surface area contributed by atoms with Crippen LogP contribution in [0.15, 0.2) is 22.9 Å². The lowest BCUT2D eigenvalue weighted by atomic mass is 10.1. The number of thiazole rings is 1. The Bertz CT molecular complexity index is 748. The molecular weight excluding hydrogens is 292 g/mol. The number of aromatic hydroxyl groups is 1. The van der Waals surface area contributed by atoms with Crippen LogP contribution in [-0.4, -0.2) is 49.9 Å². The maximum atomic E-state index is 10.4. The molecule has 112 valence electrons. The molecule has 0 aliphatic heterocycles. The zero-order valence-corrected chi connectivity index (χ0v) is 12.5. The second-order valence-corrected chi connectivity index (χ2v) is 5.81. The van der Waals surface area contributed by atoms with Gasteiger partial charge in [-0.2, -0.15) is 9.61 Å². The number of aliphatic hydroxyl groups is 1. The SMILES string of the molecule is Cc1ccc(C(c2sc3ncnn3c2O)N(C)CCO)o1. The second-order valence-electron chi connectivity index (χ2n) is 4.80. The summed E-state index contributed by atoms with van der Waals surface area (Å²) in [5, 5.41) is 23.6. The summed E-state index contributed by atoms with van der Waals surface area (Å²) in [6.45, 7) is 2.35. The van der Waals surface area contributed by atoms with Gasteiger partial charge in [0.15, 0.2) is 0 Å². The van der Waals surface area contributed by atoms with Crippen molar-refractivity contribution in [2.45, 2.75) is 13.0 Å². The molecule has 3 aromatic rings. The molecule has 0 amide bonds. The Balaban J connectivity index is 2.09. The van der Waals surface area contributed by atoms with Gasteiger partial charge in [-0.05, 0) is 26.1 Å². The molecule has 21 heavy (non-hydrogen) atoms. The van der Waals surface area contributed by atoms with E-state index in [1.807, 2.05) is 31.0 Å². The van der Waals surface area contributed by atoms with Gasteiger partial charge in [-0.15, -0.1) is 0 Å². The Morgan fingerprint density at radius 2 is 2.29 bits per heavy atom. The predicted octanol–water partition coefficient (Wildman–Crippen LogP) is 1.41. The minimum atomic E-state index is -0.292. The molecule has 7 nitrogen and oxygen atoms in total. The number of likely N-dealkylation sites (N-methyl/N-ethyl adjacent to an activating group) is 1. The van der Waals surface area contributed by atoms with Crippen molar-refractivity contribution in [1.29, 1.82) is 0 Å². The molecule has 1 atom stereocenters. The lowest BCUT2D eigenvalue weighted by Crippen LogP contribution is -2.27. The molecule has 0 saturated carbocycles. The Kier molecular flexibility index (Phi) is 3.66. The highest BCUT2D eigenvalue weighted by Gasteiger charge is 2.29. The highest BCUT2D eigenvalue weighted by molar-refractivity contribution is 7.17. The first-order valence-electron chi connectivity index (χ1n) is 6.50. The zero-order valence-electron chi connectivity index (χ0n) is 11.7. The molecule has 0 aliphatic rings. The van der Waals surface area contributed by atoms with Gasteiger partial charge in [0.25, 0.3) is 0 Å². The molecule has 3 heterocycles. The van der Waals surface area contributed by atoms with Gasteiger partial charge in [-0.25, -0.2) is 4.98 Å². The first-order chi connectivity index (χ1) is 10.1. The van der Waals surface area contributed by atoms with Crippen molar-refractivity contribution >= 4 is 16.3 Å². The maximum absolute atomic E-state index is 10.4. The highest BCUT2D eigenvalue weighted by atomic mass is 32.1. The van der Waals surface area contributed by atoms with Crippen LogP contribution in [0.5, 0.6) is 5.88 Å². The van der Waals surface area contributed by atoms with Crippen molar-refractivity contribution in [1.82, 2.24) is 19.5 Å². The Hall–Kier alpha value is -1.90. The van der Waals surface area contributed by atoms with Crippen LogP contribution in [0, 0.1) is 6.92 Å². The molecule has 1 unspecified atom stereocenters. The lowest BCUT2D eigenvalue weighted by molar-refractivity contribution is 0.183. The Morgan fingerprint density at radius 1 is 1.48 bits per heavy atom. The van der Waals surface area contributed by atoms with Crippen LogP contribution >= 0.6 is 11.3 Å². The van der Waals surface area contributed by atoms with Crippen molar-refractivity contribution in [3.8, 4) is 5.88 Å². The van der Waals surface area contributed by atoms with Crippen LogP contribution in [0.25, 0.3) is 4.96 Å². The Morgan fingerprint density at radius 3 is 2.90 bits per heavy atom. The fourth-order valence-corrected chi connectivity index (χ4v) is 3.41. The summed E-state index contributed by atoms with van der Waals surface area (Å²) in [5.41, 5.74) is 0. The molecular formula is C13H16N4O3S. The number of fused-ring (bicyclic) bond motifs is 1. The van der Waals surface area contributed by atoms with Crippen molar-refractivity contribution in [3.05, 3.63) is 34.9 Å². The summed E-state index contributed by atoms with van der Waals surface area (Å²) < 4.78 is 7.12. The van der Waals surface area contributed by atoms with E-state index in [4.69, 9.17) is 4.42 Å². The van der Waals surface area contributed by atoms with E-state index in [2.05, 4.69) is 10.1 Å². The van der Waals surface area contributed by atoms with Gasteiger partial charge >= 0.3 is 0 Å². The van der Waals surface area contributed by atoms with E-state index in [1.54, 1.807) is 0 Å². The number of furan rings is 1. The fraction of sp³-hybridized carbons (Fsp3) is 0.385. The van der Waals surface area contributed by atoms with E-state index >= 15 is 0 Å². The second kappa shape index (κ2) is 5.47. The molecule has 0 aromatic carbocycles. The number of nitrogens with zero attached hydrogens (tertiary/aromatic N) is 4. The van der Waals surface area contributed by atoms with Crippen LogP contribution in [0.4, 0.5) is 0 Å². The van der Waals surface area contributed by atoms with E-state index in [-0.39, 0.29) is 18.5 Å². The summed E-state index contributed by atoms with van der Waals surface area (Å²) >= 11 is 1.35. The number of hydrogen-bond acceptors (Lipinski definition) is 7. The largest absolute Gasteiger partial charge is 0.492 e. The molecule has 0 aliphatic carbocycles. The zero-order chi connectivity index (χ0) is 15.0. The van der Waals surface area contributed by atoms with Gasteiger partial charge in [-0.1, -0.05) is 11.3 Å². The van der Waals surface area contributed by atoms with Crippen LogP contribution in [0.1, 0.15) is 22.4 Å². The van der Waals surface area contributed by atoms with Crippen LogP contribution in [0.2, 0.25) is 0 Å². The smallest absolute Gasteiger partial charge is 0.230 e. The number of aryl methyl sites for hydroxylation is 1. The molecule has 0 saturated heterocycles. The van der Waals surface area contributed by atoms with Crippen LogP contribution in [-0.2, 0) is 0 Å². The van der Waals surface area contributed by atoms with Gasteiger partial charge in [0, 0.05) is 6.54 Å². The topological polar surface area (TPSA) is 87.0 Å². The average molecular weight is 308 g/mol. The lowest BCUT2D eigenvalue weighted by Gasteiger charge is -2.24. The third-order valence-electron chi connectivity index (χ3n) is 3.31. The molecule has 0 radical (unpaired) electrons. The Labute approximate surface area is 125 Å². The molecule has 0 spiro atoms. The summed E-state index contributed by atoms with van der Waals surface area (Å²) in [6.07, 6.45) is 1.40. The average Bonchev–Trinajstić information content (AvgIpc) is 3.12. The summed E-state index contributed by atoms with van der Waals surface area (Å²) in [5.74, 6) is 1.56. The summed E-state index contributed by atoms with van der Waals surface area (Å²) in [6, 6.07) is 3.46. The molecule has 3 rings (SSSR count). The minimum Gasteiger partial charge on any atom is -0.492 e. The van der Waals surface area contributed by atoms with Gasteiger partial charge in [0.05, 0.1) is 11.5 Å². The van der Waals surface area contributed by atoms with E-state index in [0.29, 0.717) is 22.1 Å². The fourth-order valence-electron chi connectivity index (χ4n) is 2.31. The van der Waals surface area contributed by atoms with E-state index in [9.17, 15) is 10.2 Å². The predicted molar refractivity (Wildman–Crippen MR) is 77.5 cm³/mol. The number of hydrogen-bond donors (Lipinski definition) is 2. The summed E-state index contributed by atoms with van der Waals surface area (Å²) in [4.78, 5) is 7.33. The number of rotatable bonds is 5. The van der Waals surface area contributed by atoms with Crippen molar-refractivity contribution in [2.24, 2.45) is 0 Å². The molecule has 3 aromatic heterocycles. The van der Waals surface area contributed by atoms with E-state index in [0.717, 1.165) is 5.76 Å². The molecule has 0 fully saturated rings. The van der Waals surface area contributed by atoms with E-state index in [1.165, 1.54) is 22.2 Å². The molecule has 8 heteroatoms. The maximum Gasteiger partial charge on any atom is 0.230 e. The first kappa shape index (κ1) is 14.1. The standard InChI is InChI=1S/C13H16N4O3S/c1-8-3-4-9(20-8)10(16(2)5-6-18)11-12(19)17-13(21-11)14-7-15-17/h3-4,7,10,18-19H,5-6H2,1-2H3. The third-order valence-corrected chi connectivity index (χ3v) is 4.40. The monoisotopic (exact) mass is 308 g/mol. The normalized spacial score (nSPS) is 13.3.